The maximum atomic E-state index is 14.9. The van der Waals surface area contributed by atoms with Crippen LogP contribution in [0.3, 0.4) is 0 Å². The van der Waals surface area contributed by atoms with Crippen molar-refractivity contribution >= 4 is 32.3 Å². The summed E-state index contributed by atoms with van der Waals surface area (Å²) in [5, 5.41) is 19.7. The van der Waals surface area contributed by atoms with E-state index in [1.165, 1.54) is 19.1 Å². The average Bonchev–Trinajstić information content (AvgIpc) is 2.57. The highest BCUT2D eigenvalue weighted by atomic mass is 19.1. The minimum absolute atomic E-state index is 0.0856. The van der Waals surface area contributed by atoms with E-state index in [2.05, 4.69) is 0 Å². The average molecular weight is 328 g/mol. The number of hydrogen-bond acceptors (Lipinski definition) is 2. The third-order valence-corrected chi connectivity index (χ3v) is 4.44. The van der Waals surface area contributed by atoms with Gasteiger partial charge in [0.2, 0.25) is 0 Å². The normalized spacial score (nSPS) is 11.7. The van der Waals surface area contributed by atoms with Crippen molar-refractivity contribution in [2.75, 3.05) is 0 Å². The van der Waals surface area contributed by atoms with Crippen molar-refractivity contribution in [2.24, 2.45) is 0 Å². The standard InChI is InChI=1S/C19H11F3O2/c1-8-12-7-10-6-9-4-2-3-5-11(9)15(20)13(10)16(21)14(12)17(22)19(24)18(8)23/h2-7,23-24H,1H3. The van der Waals surface area contributed by atoms with Crippen molar-refractivity contribution in [3.05, 3.63) is 59.4 Å². The first-order chi connectivity index (χ1) is 11.4. The first kappa shape index (κ1) is 14.6. The van der Waals surface area contributed by atoms with Gasteiger partial charge in [0.1, 0.15) is 11.6 Å². The third-order valence-electron chi connectivity index (χ3n) is 4.44. The Kier molecular flexibility index (Phi) is 2.91. The number of rotatable bonds is 0. The molecule has 0 atom stereocenters. The maximum absolute atomic E-state index is 14.9. The minimum Gasteiger partial charge on any atom is -0.504 e. The van der Waals surface area contributed by atoms with E-state index in [9.17, 15) is 23.4 Å². The van der Waals surface area contributed by atoms with Gasteiger partial charge in [-0.05, 0) is 35.2 Å². The molecule has 2 nitrogen and oxygen atoms in total. The molecule has 0 aromatic heterocycles. The molecule has 2 N–H and O–H groups in total. The van der Waals surface area contributed by atoms with Crippen LogP contribution in [0.1, 0.15) is 5.56 Å². The number of hydrogen-bond donors (Lipinski definition) is 2. The fourth-order valence-corrected chi connectivity index (χ4v) is 3.17. The van der Waals surface area contributed by atoms with Crippen molar-refractivity contribution < 1.29 is 23.4 Å². The number of aryl methyl sites for hydroxylation is 1. The largest absolute Gasteiger partial charge is 0.504 e. The van der Waals surface area contributed by atoms with Crippen molar-refractivity contribution in [1.82, 2.24) is 0 Å². The van der Waals surface area contributed by atoms with Gasteiger partial charge in [0, 0.05) is 10.9 Å². The van der Waals surface area contributed by atoms with Gasteiger partial charge < -0.3 is 10.2 Å². The topological polar surface area (TPSA) is 40.5 Å². The molecule has 0 bridgehead atoms. The monoisotopic (exact) mass is 328 g/mol. The number of phenolic OH excluding ortho intramolecular Hbond substituents is 2. The van der Waals surface area contributed by atoms with E-state index >= 15 is 0 Å². The summed E-state index contributed by atoms with van der Waals surface area (Å²) in [7, 11) is 0. The van der Waals surface area contributed by atoms with E-state index in [1.807, 2.05) is 0 Å². The van der Waals surface area contributed by atoms with Crippen LogP contribution in [-0.2, 0) is 0 Å². The summed E-state index contributed by atoms with van der Waals surface area (Å²) in [5.41, 5.74) is 0.123. The Balaban J connectivity index is 2.34. The highest BCUT2D eigenvalue weighted by Gasteiger charge is 2.23. The van der Waals surface area contributed by atoms with Crippen LogP contribution in [0.5, 0.6) is 11.5 Å². The summed E-state index contributed by atoms with van der Waals surface area (Å²) >= 11 is 0. The zero-order valence-electron chi connectivity index (χ0n) is 12.5. The molecular weight excluding hydrogens is 317 g/mol. The van der Waals surface area contributed by atoms with E-state index in [-0.39, 0.29) is 27.1 Å². The smallest absolute Gasteiger partial charge is 0.195 e. The zero-order chi connectivity index (χ0) is 17.2. The maximum Gasteiger partial charge on any atom is 0.195 e. The molecule has 0 saturated carbocycles. The fraction of sp³-hybridized carbons (Fsp3) is 0.0526. The summed E-state index contributed by atoms with van der Waals surface area (Å²) in [6, 6.07) is 9.61. The SMILES string of the molecule is Cc1c(O)c(O)c(F)c2c(F)c3c(F)c4ccccc4cc3cc12. The number of aromatic hydroxyl groups is 2. The van der Waals surface area contributed by atoms with Crippen LogP contribution in [0.4, 0.5) is 13.2 Å². The molecule has 120 valence electrons. The van der Waals surface area contributed by atoms with Crippen LogP contribution in [0.15, 0.2) is 36.4 Å². The molecule has 0 fully saturated rings. The van der Waals surface area contributed by atoms with E-state index in [0.717, 1.165) is 0 Å². The molecule has 0 amide bonds. The van der Waals surface area contributed by atoms with Crippen LogP contribution >= 0.6 is 0 Å². The lowest BCUT2D eigenvalue weighted by molar-refractivity contribution is 0.379. The second-order valence-electron chi connectivity index (χ2n) is 5.76. The molecule has 0 aliphatic rings. The summed E-state index contributed by atoms with van der Waals surface area (Å²) in [6.45, 7) is 1.43. The number of halogens is 3. The Labute approximate surface area is 134 Å². The van der Waals surface area contributed by atoms with Gasteiger partial charge in [0.05, 0.1) is 10.8 Å². The summed E-state index contributed by atoms with van der Waals surface area (Å²) in [4.78, 5) is 0. The second-order valence-corrected chi connectivity index (χ2v) is 5.76. The Morgan fingerprint density at radius 2 is 1.42 bits per heavy atom. The molecular formula is C19H11F3O2. The van der Waals surface area contributed by atoms with Gasteiger partial charge in [-0.15, -0.1) is 0 Å². The van der Waals surface area contributed by atoms with Crippen LogP contribution < -0.4 is 0 Å². The van der Waals surface area contributed by atoms with Gasteiger partial charge in [-0.2, -0.15) is 0 Å². The first-order valence-electron chi connectivity index (χ1n) is 7.25. The molecule has 24 heavy (non-hydrogen) atoms. The van der Waals surface area contributed by atoms with E-state index < -0.39 is 34.3 Å². The molecule has 4 aromatic carbocycles. The van der Waals surface area contributed by atoms with Crippen LogP contribution in [-0.4, -0.2) is 10.2 Å². The summed E-state index contributed by atoms with van der Waals surface area (Å²) in [5.74, 6) is -4.88. The van der Waals surface area contributed by atoms with Crippen LogP contribution in [0.2, 0.25) is 0 Å². The number of fused-ring (bicyclic) bond motifs is 3. The molecule has 4 rings (SSSR count). The van der Waals surface area contributed by atoms with Crippen molar-refractivity contribution in [3.8, 4) is 11.5 Å². The number of phenols is 2. The zero-order valence-corrected chi connectivity index (χ0v) is 12.5. The molecule has 4 aromatic rings. The molecule has 0 heterocycles. The third kappa shape index (κ3) is 1.72. The van der Waals surface area contributed by atoms with Gasteiger partial charge in [0.25, 0.3) is 0 Å². The number of benzene rings is 4. The Morgan fingerprint density at radius 3 is 2.17 bits per heavy atom. The molecule has 0 spiro atoms. The van der Waals surface area contributed by atoms with Crippen molar-refractivity contribution in [2.45, 2.75) is 6.92 Å². The van der Waals surface area contributed by atoms with E-state index in [4.69, 9.17) is 0 Å². The second kappa shape index (κ2) is 4.77. The van der Waals surface area contributed by atoms with Gasteiger partial charge in [-0.25, -0.2) is 13.2 Å². The Bertz CT molecular complexity index is 1170. The van der Waals surface area contributed by atoms with E-state index in [1.54, 1.807) is 24.3 Å². The highest BCUT2D eigenvalue weighted by molar-refractivity contribution is 6.07. The predicted molar refractivity (Wildman–Crippen MR) is 86.9 cm³/mol. The summed E-state index contributed by atoms with van der Waals surface area (Å²) in [6.07, 6.45) is 0. The first-order valence-corrected chi connectivity index (χ1v) is 7.25. The molecule has 5 heteroatoms. The van der Waals surface area contributed by atoms with Crippen molar-refractivity contribution in [3.63, 3.8) is 0 Å². The molecule has 0 aliphatic heterocycles. The van der Waals surface area contributed by atoms with Gasteiger partial charge in [0.15, 0.2) is 17.3 Å². The molecule has 0 radical (unpaired) electrons. The lowest BCUT2D eigenvalue weighted by atomic mass is 9.95. The molecule has 0 saturated heterocycles. The Hall–Kier alpha value is -2.95. The minimum atomic E-state index is -1.31. The molecule has 0 aliphatic carbocycles. The van der Waals surface area contributed by atoms with E-state index in [0.29, 0.717) is 5.39 Å². The lowest BCUT2D eigenvalue weighted by Crippen LogP contribution is -1.95. The van der Waals surface area contributed by atoms with Gasteiger partial charge in [-0.1, -0.05) is 24.3 Å². The van der Waals surface area contributed by atoms with Crippen LogP contribution in [0, 0.1) is 24.4 Å². The van der Waals surface area contributed by atoms with Crippen LogP contribution in [0.25, 0.3) is 32.3 Å². The highest BCUT2D eigenvalue weighted by Crippen LogP contribution is 2.42. The quantitative estimate of drug-likeness (QED) is 0.340. The summed E-state index contributed by atoms with van der Waals surface area (Å²) < 4.78 is 44.0. The fourth-order valence-electron chi connectivity index (χ4n) is 3.17. The predicted octanol–water partition coefficient (Wildman–Crippen LogP) is 5.28. The Morgan fingerprint density at radius 1 is 0.708 bits per heavy atom. The lowest BCUT2D eigenvalue weighted by Gasteiger charge is -2.13. The molecule has 0 unspecified atom stereocenters. The van der Waals surface area contributed by atoms with Gasteiger partial charge >= 0.3 is 0 Å². The van der Waals surface area contributed by atoms with Crippen molar-refractivity contribution in [1.29, 1.82) is 0 Å². The van der Waals surface area contributed by atoms with Gasteiger partial charge in [-0.3, -0.25) is 0 Å².